The van der Waals surface area contributed by atoms with E-state index in [9.17, 15) is 4.79 Å². The van der Waals surface area contributed by atoms with Crippen LogP contribution in [0.2, 0.25) is 0 Å². The molecule has 6 nitrogen and oxygen atoms in total. The van der Waals surface area contributed by atoms with Gasteiger partial charge in [-0.15, -0.1) is 0 Å². The number of amides is 1. The molecule has 1 N–H and O–H groups in total. The van der Waals surface area contributed by atoms with E-state index < -0.39 is 6.09 Å². The Hall–Kier alpha value is -2.55. The topological polar surface area (TPSA) is 83.7 Å². The molecule has 0 bridgehead atoms. The first-order valence-electron chi connectivity index (χ1n) is 7.33. The summed E-state index contributed by atoms with van der Waals surface area (Å²) in [6, 6.07) is 8.85. The monoisotopic (exact) mass is 301 g/mol. The molecule has 1 amide bonds. The minimum absolute atomic E-state index is 0.0430. The van der Waals surface area contributed by atoms with E-state index in [2.05, 4.69) is 10.5 Å². The van der Waals surface area contributed by atoms with Gasteiger partial charge in [-0.3, -0.25) is 4.84 Å². The minimum atomic E-state index is -0.617. The SMILES string of the molecule is COc1ccc(/C(C#N)=N\OC(=O)NC2CCCCC2)cc1. The number of hydrogen-bond donors (Lipinski definition) is 1. The molecule has 1 fully saturated rings. The van der Waals surface area contributed by atoms with E-state index >= 15 is 0 Å². The zero-order valence-corrected chi connectivity index (χ0v) is 12.5. The molecule has 0 unspecified atom stereocenters. The summed E-state index contributed by atoms with van der Waals surface area (Å²) in [5.41, 5.74) is 0.607. The highest BCUT2D eigenvalue weighted by Gasteiger charge is 2.16. The van der Waals surface area contributed by atoms with Crippen molar-refractivity contribution in [2.75, 3.05) is 7.11 Å². The molecule has 0 aliphatic heterocycles. The molecule has 1 aliphatic rings. The Morgan fingerprint density at radius 1 is 1.27 bits per heavy atom. The second kappa shape index (κ2) is 8.03. The summed E-state index contributed by atoms with van der Waals surface area (Å²) >= 11 is 0. The second-order valence-corrected chi connectivity index (χ2v) is 5.14. The number of nitrogens with one attached hydrogen (secondary N) is 1. The number of hydrogen-bond acceptors (Lipinski definition) is 5. The zero-order valence-electron chi connectivity index (χ0n) is 12.5. The number of nitriles is 1. The molecule has 0 aromatic heterocycles. The summed E-state index contributed by atoms with van der Waals surface area (Å²) in [7, 11) is 1.56. The Labute approximate surface area is 129 Å². The van der Waals surface area contributed by atoms with Gasteiger partial charge in [0, 0.05) is 11.6 Å². The highest BCUT2D eigenvalue weighted by molar-refractivity contribution is 6.11. The average Bonchev–Trinajstić information content (AvgIpc) is 2.57. The molecule has 0 spiro atoms. The van der Waals surface area contributed by atoms with Crippen molar-refractivity contribution < 1.29 is 14.4 Å². The van der Waals surface area contributed by atoms with Crippen molar-refractivity contribution >= 4 is 11.8 Å². The molecular weight excluding hydrogens is 282 g/mol. The average molecular weight is 301 g/mol. The lowest BCUT2D eigenvalue weighted by Crippen LogP contribution is -2.35. The van der Waals surface area contributed by atoms with Crippen LogP contribution in [-0.4, -0.2) is 25.0 Å². The van der Waals surface area contributed by atoms with E-state index in [0.717, 1.165) is 25.7 Å². The van der Waals surface area contributed by atoms with Crippen molar-refractivity contribution in [2.24, 2.45) is 5.16 Å². The van der Waals surface area contributed by atoms with Crippen LogP contribution in [0.15, 0.2) is 29.4 Å². The summed E-state index contributed by atoms with van der Waals surface area (Å²) in [4.78, 5) is 16.5. The van der Waals surface area contributed by atoms with E-state index in [4.69, 9.17) is 14.8 Å². The lowest BCUT2D eigenvalue weighted by atomic mass is 9.96. The molecule has 0 atom stereocenters. The lowest BCUT2D eigenvalue weighted by Gasteiger charge is -2.21. The molecule has 1 aliphatic carbocycles. The third-order valence-corrected chi connectivity index (χ3v) is 3.62. The third-order valence-electron chi connectivity index (χ3n) is 3.62. The summed E-state index contributed by atoms with van der Waals surface area (Å²) in [5.74, 6) is 0.678. The Bertz CT molecular complexity index is 569. The normalized spacial score (nSPS) is 15.7. The van der Waals surface area contributed by atoms with Gasteiger partial charge in [-0.2, -0.15) is 5.26 Å². The number of carbonyl (C=O) groups is 1. The van der Waals surface area contributed by atoms with E-state index in [0.29, 0.717) is 11.3 Å². The van der Waals surface area contributed by atoms with Gasteiger partial charge in [-0.1, -0.05) is 24.4 Å². The Kier molecular flexibility index (Phi) is 5.78. The van der Waals surface area contributed by atoms with Crippen LogP contribution in [0.25, 0.3) is 0 Å². The van der Waals surface area contributed by atoms with Gasteiger partial charge >= 0.3 is 6.09 Å². The number of ether oxygens (including phenoxy) is 1. The quantitative estimate of drug-likeness (QED) is 0.526. The maximum Gasteiger partial charge on any atom is 0.433 e. The number of benzene rings is 1. The molecular formula is C16H19N3O3. The summed E-state index contributed by atoms with van der Waals surface area (Å²) in [5, 5.41) is 15.5. The maximum absolute atomic E-state index is 11.7. The van der Waals surface area contributed by atoms with Crippen LogP contribution >= 0.6 is 0 Å². The van der Waals surface area contributed by atoms with Crippen LogP contribution in [0, 0.1) is 11.3 Å². The Morgan fingerprint density at radius 2 is 1.95 bits per heavy atom. The summed E-state index contributed by atoms with van der Waals surface area (Å²) in [6.07, 6.45) is 4.74. The van der Waals surface area contributed by atoms with Crippen LogP contribution < -0.4 is 10.1 Å². The first kappa shape index (κ1) is 15.8. The minimum Gasteiger partial charge on any atom is -0.497 e. The van der Waals surface area contributed by atoms with Gasteiger partial charge in [-0.25, -0.2) is 4.79 Å². The smallest absolute Gasteiger partial charge is 0.433 e. The van der Waals surface area contributed by atoms with E-state index in [1.807, 2.05) is 6.07 Å². The van der Waals surface area contributed by atoms with Crippen molar-refractivity contribution in [3.8, 4) is 11.8 Å². The fourth-order valence-electron chi connectivity index (χ4n) is 2.41. The lowest BCUT2D eigenvalue weighted by molar-refractivity contribution is 0.144. The summed E-state index contributed by atoms with van der Waals surface area (Å²) in [6.45, 7) is 0. The molecule has 1 aromatic rings. The fourth-order valence-corrected chi connectivity index (χ4v) is 2.41. The first-order chi connectivity index (χ1) is 10.7. The molecule has 0 heterocycles. The molecule has 2 rings (SSSR count). The van der Waals surface area contributed by atoms with Crippen LogP contribution in [0.4, 0.5) is 4.79 Å². The van der Waals surface area contributed by atoms with Gasteiger partial charge in [0.25, 0.3) is 0 Å². The maximum atomic E-state index is 11.7. The molecule has 0 radical (unpaired) electrons. The molecule has 1 aromatic carbocycles. The van der Waals surface area contributed by atoms with Crippen molar-refractivity contribution in [1.82, 2.24) is 5.32 Å². The fraction of sp³-hybridized carbons (Fsp3) is 0.438. The highest BCUT2D eigenvalue weighted by atomic mass is 16.7. The summed E-state index contributed by atoms with van der Waals surface area (Å²) < 4.78 is 5.05. The molecule has 0 saturated heterocycles. The number of oxime groups is 1. The van der Waals surface area contributed by atoms with E-state index in [1.54, 1.807) is 31.4 Å². The van der Waals surface area contributed by atoms with E-state index in [-0.39, 0.29) is 11.8 Å². The zero-order chi connectivity index (χ0) is 15.8. The predicted octanol–water partition coefficient (Wildman–Crippen LogP) is 2.98. The van der Waals surface area contributed by atoms with Gasteiger partial charge in [0.05, 0.1) is 7.11 Å². The van der Waals surface area contributed by atoms with Crippen molar-refractivity contribution in [1.29, 1.82) is 5.26 Å². The number of methoxy groups -OCH3 is 1. The van der Waals surface area contributed by atoms with Crippen molar-refractivity contribution in [3.63, 3.8) is 0 Å². The van der Waals surface area contributed by atoms with Gasteiger partial charge in [0.1, 0.15) is 11.8 Å². The van der Waals surface area contributed by atoms with Crippen LogP contribution in [0.1, 0.15) is 37.7 Å². The van der Waals surface area contributed by atoms with Crippen molar-refractivity contribution in [3.05, 3.63) is 29.8 Å². The van der Waals surface area contributed by atoms with Gasteiger partial charge < -0.3 is 10.1 Å². The standard InChI is InChI=1S/C16H19N3O3/c1-21-14-9-7-12(8-10-14)15(11-17)19-22-16(20)18-13-5-3-2-4-6-13/h7-10,13H,2-6H2,1H3,(H,18,20)/b19-15-. The van der Waals surface area contributed by atoms with Gasteiger partial charge in [-0.05, 0) is 37.1 Å². The van der Waals surface area contributed by atoms with Crippen LogP contribution in [0.3, 0.4) is 0 Å². The number of nitrogens with zero attached hydrogens (tertiary/aromatic N) is 2. The number of rotatable bonds is 4. The van der Waals surface area contributed by atoms with Crippen molar-refractivity contribution in [2.45, 2.75) is 38.1 Å². The molecule has 1 saturated carbocycles. The highest BCUT2D eigenvalue weighted by Crippen LogP contribution is 2.17. The number of carbonyl (C=O) groups excluding carboxylic acids is 1. The third kappa shape index (κ3) is 4.48. The first-order valence-corrected chi connectivity index (χ1v) is 7.33. The Balaban J connectivity index is 1.93. The Morgan fingerprint density at radius 3 is 2.55 bits per heavy atom. The van der Waals surface area contributed by atoms with Gasteiger partial charge in [0.2, 0.25) is 0 Å². The van der Waals surface area contributed by atoms with Gasteiger partial charge in [0.15, 0.2) is 5.71 Å². The van der Waals surface area contributed by atoms with E-state index in [1.165, 1.54) is 6.42 Å². The second-order valence-electron chi connectivity index (χ2n) is 5.14. The molecule has 6 heteroatoms. The van der Waals surface area contributed by atoms with Crippen LogP contribution in [0.5, 0.6) is 5.75 Å². The molecule has 116 valence electrons. The predicted molar refractivity (Wildman–Crippen MR) is 81.6 cm³/mol. The molecule has 22 heavy (non-hydrogen) atoms. The van der Waals surface area contributed by atoms with Crippen LogP contribution in [-0.2, 0) is 4.84 Å². The largest absolute Gasteiger partial charge is 0.497 e.